The second-order valence-electron chi connectivity index (χ2n) is 4.06. The van der Waals surface area contributed by atoms with Crippen molar-refractivity contribution in [1.29, 1.82) is 0 Å². The van der Waals surface area contributed by atoms with Gasteiger partial charge in [-0.25, -0.2) is 0 Å². The van der Waals surface area contributed by atoms with Crippen LogP contribution in [0.4, 0.5) is 0 Å². The van der Waals surface area contributed by atoms with E-state index in [0.29, 0.717) is 18.0 Å². The molecule has 0 aliphatic carbocycles. The Hall–Kier alpha value is -0.610. The molecule has 0 aliphatic rings. The summed E-state index contributed by atoms with van der Waals surface area (Å²) in [6.45, 7) is 2.66. The van der Waals surface area contributed by atoms with Gasteiger partial charge in [0.1, 0.15) is 0 Å². The Labute approximate surface area is 107 Å². The number of hydrogen-bond donors (Lipinski definition) is 3. The number of aliphatic hydroxyl groups excluding tert-OH is 2. The van der Waals surface area contributed by atoms with Gasteiger partial charge in [-0.15, -0.1) is 0 Å². The molecule has 2 unspecified atom stereocenters. The summed E-state index contributed by atoms with van der Waals surface area (Å²) >= 11 is 6.00. The summed E-state index contributed by atoms with van der Waals surface area (Å²) in [4.78, 5) is 0. The standard InChI is InChI=1S/C13H20ClNO2/c1-2-10(7-8-16)15-9-13(17)11-5-3-4-6-12(11)14/h3-6,10,13,15-17H,2,7-9H2,1H3. The van der Waals surface area contributed by atoms with Crippen molar-refractivity contribution in [3.8, 4) is 0 Å². The molecule has 1 rings (SSSR count). The molecule has 0 saturated carbocycles. The summed E-state index contributed by atoms with van der Waals surface area (Å²) in [6, 6.07) is 7.52. The normalized spacial score (nSPS) is 14.6. The molecule has 3 N–H and O–H groups in total. The summed E-state index contributed by atoms with van der Waals surface area (Å²) in [5.74, 6) is 0. The van der Waals surface area contributed by atoms with Crippen molar-refractivity contribution in [3.63, 3.8) is 0 Å². The molecule has 3 nitrogen and oxygen atoms in total. The first-order valence-corrected chi connectivity index (χ1v) is 6.33. The molecule has 0 amide bonds. The van der Waals surface area contributed by atoms with Crippen LogP contribution in [0.3, 0.4) is 0 Å². The molecule has 0 spiro atoms. The molecule has 1 aromatic carbocycles. The molecule has 0 aliphatic heterocycles. The Morgan fingerprint density at radius 2 is 2.06 bits per heavy atom. The molecular formula is C13H20ClNO2. The van der Waals surface area contributed by atoms with E-state index in [-0.39, 0.29) is 12.6 Å². The predicted molar refractivity (Wildman–Crippen MR) is 70.2 cm³/mol. The topological polar surface area (TPSA) is 52.5 Å². The minimum Gasteiger partial charge on any atom is -0.396 e. The minimum absolute atomic E-state index is 0.160. The van der Waals surface area contributed by atoms with E-state index in [0.717, 1.165) is 12.0 Å². The average molecular weight is 258 g/mol. The van der Waals surface area contributed by atoms with E-state index in [2.05, 4.69) is 12.2 Å². The predicted octanol–water partition coefficient (Wildman–Crippen LogP) is 2.12. The van der Waals surface area contributed by atoms with Crippen LogP contribution in [0.15, 0.2) is 24.3 Å². The van der Waals surface area contributed by atoms with Crippen LogP contribution < -0.4 is 5.32 Å². The molecule has 17 heavy (non-hydrogen) atoms. The molecule has 0 bridgehead atoms. The minimum atomic E-state index is -0.614. The van der Waals surface area contributed by atoms with Gasteiger partial charge in [-0.2, -0.15) is 0 Å². The Balaban J connectivity index is 2.49. The number of hydrogen-bond acceptors (Lipinski definition) is 3. The lowest BCUT2D eigenvalue weighted by atomic mass is 10.1. The first kappa shape index (κ1) is 14.5. The fraction of sp³-hybridized carbons (Fsp3) is 0.538. The van der Waals surface area contributed by atoms with Crippen LogP contribution in [0.25, 0.3) is 0 Å². The van der Waals surface area contributed by atoms with Crippen molar-refractivity contribution >= 4 is 11.6 Å². The van der Waals surface area contributed by atoms with E-state index in [4.69, 9.17) is 16.7 Å². The Bertz CT molecular complexity index is 333. The van der Waals surface area contributed by atoms with Crippen molar-refractivity contribution in [2.75, 3.05) is 13.2 Å². The van der Waals surface area contributed by atoms with Crippen molar-refractivity contribution < 1.29 is 10.2 Å². The average Bonchev–Trinajstić information content (AvgIpc) is 2.34. The maximum absolute atomic E-state index is 10.0. The fourth-order valence-corrected chi connectivity index (χ4v) is 2.00. The van der Waals surface area contributed by atoms with Crippen LogP contribution in [-0.4, -0.2) is 29.4 Å². The van der Waals surface area contributed by atoms with Gasteiger partial charge in [-0.05, 0) is 18.9 Å². The summed E-state index contributed by atoms with van der Waals surface area (Å²) in [5, 5.41) is 22.7. The SMILES string of the molecule is CCC(CCO)NCC(O)c1ccccc1Cl. The van der Waals surface area contributed by atoms with Crippen molar-refractivity contribution in [2.24, 2.45) is 0 Å². The lowest BCUT2D eigenvalue weighted by molar-refractivity contribution is 0.165. The van der Waals surface area contributed by atoms with E-state index in [1.54, 1.807) is 6.07 Å². The Morgan fingerprint density at radius 3 is 2.65 bits per heavy atom. The molecule has 0 aromatic heterocycles. The van der Waals surface area contributed by atoms with Gasteiger partial charge in [0.15, 0.2) is 0 Å². The van der Waals surface area contributed by atoms with E-state index in [9.17, 15) is 5.11 Å². The van der Waals surface area contributed by atoms with E-state index in [1.807, 2.05) is 18.2 Å². The lowest BCUT2D eigenvalue weighted by Gasteiger charge is -2.19. The third kappa shape index (κ3) is 4.64. The number of aliphatic hydroxyl groups is 2. The van der Waals surface area contributed by atoms with Gasteiger partial charge < -0.3 is 15.5 Å². The van der Waals surface area contributed by atoms with Crippen LogP contribution >= 0.6 is 11.6 Å². The number of rotatable bonds is 7. The highest BCUT2D eigenvalue weighted by atomic mass is 35.5. The zero-order chi connectivity index (χ0) is 12.7. The Morgan fingerprint density at radius 1 is 1.35 bits per heavy atom. The van der Waals surface area contributed by atoms with Crippen molar-refractivity contribution in [2.45, 2.75) is 31.9 Å². The number of benzene rings is 1. The maximum atomic E-state index is 10.0. The summed E-state index contributed by atoms with van der Waals surface area (Å²) < 4.78 is 0. The molecule has 2 atom stereocenters. The summed E-state index contributed by atoms with van der Waals surface area (Å²) in [7, 11) is 0. The molecular weight excluding hydrogens is 238 g/mol. The number of nitrogens with one attached hydrogen (secondary N) is 1. The second kappa shape index (κ2) is 7.67. The van der Waals surface area contributed by atoms with Crippen LogP contribution in [0, 0.1) is 0 Å². The smallest absolute Gasteiger partial charge is 0.0928 e. The van der Waals surface area contributed by atoms with E-state index in [1.165, 1.54) is 0 Å². The highest BCUT2D eigenvalue weighted by Crippen LogP contribution is 2.22. The monoisotopic (exact) mass is 257 g/mol. The third-order valence-electron chi connectivity index (χ3n) is 2.83. The van der Waals surface area contributed by atoms with Crippen LogP contribution in [0.1, 0.15) is 31.4 Å². The summed E-state index contributed by atoms with van der Waals surface area (Å²) in [5.41, 5.74) is 0.737. The van der Waals surface area contributed by atoms with Crippen molar-refractivity contribution in [1.82, 2.24) is 5.32 Å². The van der Waals surface area contributed by atoms with Gasteiger partial charge in [0.2, 0.25) is 0 Å². The zero-order valence-electron chi connectivity index (χ0n) is 10.1. The van der Waals surface area contributed by atoms with Gasteiger partial charge >= 0.3 is 0 Å². The van der Waals surface area contributed by atoms with Crippen LogP contribution in [0.5, 0.6) is 0 Å². The van der Waals surface area contributed by atoms with E-state index < -0.39 is 6.10 Å². The molecule has 96 valence electrons. The van der Waals surface area contributed by atoms with Crippen molar-refractivity contribution in [3.05, 3.63) is 34.9 Å². The largest absolute Gasteiger partial charge is 0.396 e. The third-order valence-corrected chi connectivity index (χ3v) is 3.18. The molecule has 1 aromatic rings. The van der Waals surface area contributed by atoms with E-state index >= 15 is 0 Å². The van der Waals surface area contributed by atoms with Gasteiger partial charge in [0.05, 0.1) is 6.10 Å². The molecule has 0 saturated heterocycles. The van der Waals surface area contributed by atoms with Crippen LogP contribution in [-0.2, 0) is 0 Å². The molecule has 0 radical (unpaired) electrons. The highest BCUT2D eigenvalue weighted by Gasteiger charge is 2.12. The van der Waals surface area contributed by atoms with Gasteiger partial charge in [-0.3, -0.25) is 0 Å². The van der Waals surface area contributed by atoms with Gasteiger partial charge in [0.25, 0.3) is 0 Å². The lowest BCUT2D eigenvalue weighted by Crippen LogP contribution is -2.33. The first-order chi connectivity index (χ1) is 8.19. The maximum Gasteiger partial charge on any atom is 0.0928 e. The molecule has 4 heteroatoms. The molecule has 0 heterocycles. The first-order valence-electron chi connectivity index (χ1n) is 5.95. The number of halogens is 1. The van der Waals surface area contributed by atoms with Crippen LogP contribution in [0.2, 0.25) is 5.02 Å². The highest BCUT2D eigenvalue weighted by molar-refractivity contribution is 6.31. The van der Waals surface area contributed by atoms with Gasteiger partial charge in [0, 0.05) is 29.8 Å². The zero-order valence-corrected chi connectivity index (χ0v) is 10.8. The quantitative estimate of drug-likeness (QED) is 0.701. The van der Waals surface area contributed by atoms with Gasteiger partial charge in [-0.1, -0.05) is 36.7 Å². The molecule has 0 fully saturated rings. The summed E-state index contributed by atoms with van der Waals surface area (Å²) in [6.07, 6.45) is 1.01. The Kier molecular flexibility index (Phi) is 6.52. The second-order valence-corrected chi connectivity index (χ2v) is 4.47. The fourth-order valence-electron chi connectivity index (χ4n) is 1.74.